The molecule has 3 aromatic rings. The maximum atomic E-state index is 12.0. The summed E-state index contributed by atoms with van der Waals surface area (Å²) in [4.78, 5) is 16.6. The molecule has 98 valence electrons. The molecule has 20 heavy (non-hydrogen) atoms. The Labute approximate surface area is 116 Å². The Morgan fingerprint density at radius 2 is 1.50 bits per heavy atom. The van der Waals surface area contributed by atoms with Gasteiger partial charge in [-0.2, -0.15) is 0 Å². The highest BCUT2D eigenvalue weighted by atomic mass is 16.1. The largest absolute Gasteiger partial charge is 0.321 e. The second-order valence-corrected chi connectivity index (χ2v) is 4.76. The predicted molar refractivity (Wildman–Crippen MR) is 82.7 cm³/mol. The van der Waals surface area contributed by atoms with Crippen molar-refractivity contribution in [1.29, 1.82) is 0 Å². The number of carbonyl (C=O) groups is 1. The van der Waals surface area contributed by atoms with Crippen molar-refractivity contribution in [2.45, 2.75) is 6.92 Å². The van der Waals surface area contributed by atoms with E-state index < -0.39 is 0 Å². The fraction of sp³-hybridized carbons (Fsp3) is 0.0588. The van der Waals surface area contributed by atoms with Gasteiger partial charge < -0.3 is 5.32 Å². The van der Waals surface area contributed by atoms with Gasteiger partial charge in [-0.25, -0.2) is 4.98 Å². The number of anilines is 1. The van der Waals surface area contributed by atoms with Gasteiger partial charge in [0.05, 0.1) is 16.7 Å². The molecule has 0 fully saturated rings. The highest BCUT2D eigenvalue weighted by Crippen LogP contribution is 2.30. The topological polar surface area (TPSA) is 42.0 Å². The lowest BCUT2D eigenvalue weighted by atomic mass is 10.1. The Bertz CT molecular complexity index is 783. The van der Waals surface area contributed by atoms with Crippen molar-refractivity contribution < 1.29 is 4.79 Å². The molecule has 0 aliphatic heterocycles. The van der Waals surface area contributed by atoms with Crippen LogP contribution in [0.5, 0.6) is 0 Å². The Kier molecular flexibility index (Phi) is 2.95. The van der Waals surface area contributed by atoms with Gasteiger partial charge in [0.2, 0.25) is 0 Å². The number of nitrogens with one attached hydrogen (secondary N) is 1. The van der Waals surface area contributed by atoms with Gasteiger partial charge in [0.1, 0.15) is 0 Å². The summed E-state index contributed by atoms with van der Waals surface area (Å²) in [7, 11) is 0. The van der Waals surface area contributed by atoms with Crippen LogP contribution in [-0.4, -0.2) is 10.9 Å². The predicted octanol–water partition coefficient (Wildman–Crippen LogP) is 3.90. The number of rotatable bonds is 2. The summed E-state index contributed by atoms with van der Waals surface area (Å²) in [6.45, 7) is 5.38. The number of fused-ring (bicyclic) bond motifs is 2. The molecule has 0 unspecified atom stereocenters. The first-order valence-electron chi connectivity index (χ1n) is 6.41. The molecular formula is C17H14N2O. The van der Waals surface area contributed by atoms with Crippen LogP contribution in [0.15, 0.2) is 60.7 Å². The molecule has 0 saturated heterocycles. The maximum Gasteiger partial charge on any atom is 0.250 e. The molecule has 3 nitrogen and oxygen atoms in total. The van der Waals surface area contributed by atoms with Crippen molar-refractivity contribution in [2.75, 3.05) is 5.32 Å². The van der Waals surface area contributed by atoms with E-state index in [4.69, 9.17) is 0 Å². The Balaban J connectivity index is 2.33. The molecule has 0 spiro atoms. The molecule has 2 aromatic carbocycles. The van der Waals surface area contributed by atoms with Crippen LogP contribution in [-0.2, 0) is 4.79 Å². The molecule has 3 heteroatoms. The van der Waals surface area contributed by atoms with Crippen molar-refractivity contribution in [3.05, 3.63) is 60.7 Å². The van der Waals surface area contributed by atoms with E-state index in [-0.39, 0.29) is 5.91 Å². The second-order valence-electron chi connectivity index (χ2n) is 4.76. The average Bonchev–Trinajstić information content (AvgIpc) is 2.46. The van der Waals surface area contributed by atoms with Gasteiger partial charge in [-0.05, 0) is 19.1 Å². The third-order valence-corrected chi connectivity index (χ3v) is 3.21. The summed E-state index contributed by atoms with van der Waals surface area (Å²) >= 11 is 0. The third kappa shape index (κ3) is 2.03. The van der Waals surface area contributed by atoms with E-state index in [1.165, 1.54) is 0 Å². The summed E-state index contributed by atoms with van der Waals surface area (Å²) in [5, 5.41) is 4.81. The van der Waals surface area contributed by atoms with Gasteiger partial charge in [-0.15, -0.1) is 0 Å². The quantitative estimate of drug-likeness (QED) is 0.562. The number of pyridine rings is 1. The number of nitrogens with zero attached hydrogens (tertiary/aromatic N) is 1. The summed E-state index contributed by atoms with van der Waals surface area (Å²) in [6, 6.07) is 15.6. The van der Waals surface area contributed by atoms with Crippen molar-refractivity contribution in [2.24, 2.45) is 0 Å². The second kappa shape index (κ2) is 4.78. The molecule has 0 bridgehead atoms. The SMILES string of the molecule is C=C(C)C(=O)Nc1c2ccccc2nc2ccccc12. The smallest absolute Gasteiger partial charge is 0.250 e. The normalized spacial score (nSPS) is 10.7. The van der Waals surface area contributed by atoms with Crippen LogP contribution in [0.3, 0.4) is 0 Å². The molecular weight excluding hydrogens is 248 g/mol. The van der Waals surface area contributed by atoms with Crippen molar-refractivity contribution >= 4 is 33.4 Å². The van der Waals surface area contributed by atoms with Crippen LogP contribution in [0.25, 0.3) is 21.8 Å². The minimum atomic E-state index is -0.175. The Morgan fingerprint density at radius 3 is 2.00 bits per heavy atom. The maximum absolute atomic E-state index is 12.0. The molecule has 0 aliphatic rings. The summed E-state index contributed by atoms with van der Waals surface area (Å²) < 4.78 is 0. The zero-order valence-electron chi connectivity index (χ0n) is 11.2. The molecule has 0 saturated carbocycles. The minimum Gasteiger partial charge on any atom is -0.321 e. The summed E-state index contributed by atoms with van der Waals surface area (Å²) in [6.07, 6.45) is 0. The minimum absolute atomic E-state index is 0.175. The first-order chi connectivity index (χ1) is 9.66. The number of amides is 1. The summed E-state index contributed by atoms with van der Waals surface area (Å²) in [5.74, 6) is -0.175. The zero-order valence-corrected chi connectivity index (χ0v) is 11.2. The fourth-order valence-corrected chi connectivity index (χ4v) is 2.19. The molecule has 1 amide bonds. The van der Waals surface area contributed by atoms with E-state index in [0.717, 1.165) is 27.5 Å². The number of para-hydroxylation sites is 2. The molecule has 1 aromatic heterocycles. The van der Waals surface area contributed by atoms with Gasteiger partial charge in [-0.1, -0.05) is 43.0 Å². The lowest BCUT2D eigenvalue weighted by Crippen LogP contribution is -2.12. The molecule has 0 radical (unpaired) electrons. The number of hydrogen-bond donors (Lipinski definition) is 1. The number of hydrogen-bond acceptors (Lipinski definition) is 2. The molecule has 1 heterocycles. The lowest BCUT2D eigenvalue weighted by Gasteiger charge is -2.12. The van der Waals surface area contributed by atoms with Gasteiger partial charge in [0.25, 0.3) is 5.91 Å². The van der Waals surface area contributed by atoms with Crippen molar-refractivity contribution in [1.82, 2.24) is 4.98 Å². The van der Waals surface area contributed by atoms with Crippen LogP contribution in [0, 0.1) is 0 Å². The van der Waals surface area contributed by atoms with Crippen LogP contribution in [0.4, 0.5) is 5.69 Å². The van der Waals surface area contributed by atoms with Crippen LogP contribution >= 0.6 is 0 Å². The summed E-state index contributed by atoms with van der Waals surface area (Å²) in [5.41, 5.74) is 3.00. The van der Waals surface area contributed by atoms with Gasteiger partial charge in [0, 0.05) is 16.3 Å². The van der Waals surface area contributed by atoms with Crippen LogP contribution in [0.1, 0.15) is 6.92 Å². The number of carbonyl (C=O) groups excluding carboxylic acids is 1. The number of benzene rings is 2. The zero-order chi connectivity index (χ0) is 14.1. The molecule has 3 rings (SSSR count). The van der Waals surface area contributed by atoms with E-state index in [0.29, 0.717) is 5.57 Å². The highest BCUT2D eigenvalue weighted by molar-refractivity contribution is 6.15. The lowest BCUT2D eigenvalue weighted by molar-refractivity contribution is -0.112. The van der Waals surface area contributed by atoms with E-state index in [1.54, 1.807) is 6.92 Å². The Morgan fingerprint density at radius 1 is 1.00 bits per heavy atom. The highest BCUT2D eigenvalue weighted by Gasteiger charge is 2.11. The monoisotopic (exact) mass is 262 g/mol. The van der Waals surface area contributed by atoms with Crippen molar-refractivity contribution in [3.8, 4) is 0 Å². The van der Waals surface area contributed by atoms with E-state index in [2.05, 4.69) is 16.9 Å². The number of aromatic nitrogens is 1. The van der Waals surface area contributed by atoms with Gasteiger partial charge in [0.15, 0.2) is 0 Å². The molecule has 1 N–H and O–H groups in total. The average molecular weight is 262 g/mol. The van der Waals surface area contributed by atoms with Crippen LogP contribution < -0.4 is 5.32 Å². The van der Waals surface area contributed by atoms with Crippen molar-refractivity contribution in [3.63, 3.8) is 0 Å². The van der Waals surface area contributed by atoms with E-state index >= 15 is 0 Å². The third-order valence-electron chi connectivity index (χ3n) is 3.21. The van der Waals surface area contributed by atoms with Gasteiger partial charge >= 0.3 is 0 Å². The van der Waals surface area contributed by atoms with E-state index in [9.17, 15) is 4.79 Å². The first-order valence-corrected chi connectivity index (χ1v) is 6.41. The standard InChI is InChI=1S/C17H14N2O/c1-11(2)17(20)19-16-12-7-3-5-9-14(12)18-15-10-6-4-8-13(15)16/h3-10H,1H2,2H3,(H,18,19,20). The first kappa shape index (κ1) is 12.4. The fourth-order valence-electron chi connectivity index (χ4n) is 2.19. The molecule has 0 aliphatic carbocycles. The van der Waals surface area contributed by atoms with E-state index in [1.807, 2.05) is 48.5 Å². The van der Waals surface area contributed by atoms with Crippen LogP contribution in [0.2, 0.25) is 0 Å². The molecule has 0 atom stereocenters. The van der Waals surface area contributed by atoms with Gasteiger partial charge in [-0.3, -0.25) is 4.79 Å². The Hall–Kier alpha value is -2.68.